The first-order valence-corrected chi connectivity index (χ1v) is 9.31. The summed E-state index contributed by atoms with van der Waals surface area (Å²) in [5, 5.41) is 20.5. The van der Waals surface area contributed by atoms with Crippen molar-refractivity contribution in [2.24, 2.45) is 11.8 Å². The zero-order valence-corrected chi connectivity index (χ0v) is 15.0. The Kier molecular flexibility index (Phi) is 4.33. The number of Topliss-reactive ketones (excluding diaryl/α,β-unsaturated/α-hetero) is 1. The molecule has 2 aromatic rings. The van der Waals surface area contributed by atoms with E-state index in [1.165, 1.54) is 0 Å². The molecule has 136 valence electrons. The summed E-state index contributed by atoms with van der Waals surface area (Å²) in [6.07, 6.45) is 1.52. The Morgan fingerprint density at radius 1 is 1.04 bits per heavy atom. The van der Waals surface area contributed by atoms with E-state index in [0.717, 1.165) is 31.5 Å². The molecule has 2 fully saturated rings. The topological polar surface area (TPSA) is 60.8 Å². The monoisotopic (exact) mass is 351 g/mol. The number of phenols is 1. The number of benzene rings is 2. The maximum atomic E-state index is 12.7. The summed E-state index contributed by atoms with van der Waals surface area (Å²) in [6.45, 7) is 3.66. The Morgan fingerprint density at radius 3 is 2.19 bits per heavy atom. The summed E-state index contributed by atoms with van der Waals surface area (Å²) in [6, 6.07) is 16.2. The van der Waals surface area contributed by atoms with Crippen LogP contribution in [0.25, 0.3) is 0 Å². The van der Waals surface area contributed by atoms with Gasteiger partial charge in [0.2, 0.25) is 0 Å². The van der Waals surface area contributed by atoms with Gasteiger partial charge >= 0.3 is 0 Å². The zero-order valence-electron chi connectivity index (χ0n) is 15.0. The summed E-state index contributed by atoms with van der Waals surface area (Å²) < 4.78 is 0. The van der Waals surface area contributed by atoms with Crippen LogP contribution in [0.15, 0.2) is 54.6 Å². The maximum Gasteiger partial charge on any atom is 0.179 e. The van der Waals surface area contributed by atoms with Crippen molar-refractivity contribution < 1.29 is 15.0 Å². The van der Waals surface area contributed by atoms with Crippen LogP contribution in [0.4, 0.5) is 0 Å². The minimum atomic E-state index is -0.729. The summed E-state index contributed by atoms with van der Waals surface area (Å²) in [4.78, 5) is 15.0. The Bertz CT molecular complexity index is 773. The summed E-state index contributed by atoms with van der Waals surface area (Å²) in [7, 11) is 0. The van der Waals surface area contributed by atoms with Gasteiger partial charge in [0, 0.05) is 18.7 Å². The molecule has 2 aromatic carbocycles. The molecule has 4 atom stereocenters. The Morgan fingerprint density at radius 2 is 1.62 bits per heavy atom. The number of hydrogen-bond donors (Lipinski definition) is 2. The van der Waals surface area contributed by atoms with E-state index in [1.807, 2.05) is 37.3 Å². The van der Waals surface area contributed by atoms with E-state index in [2.05, 4.69) is 4.90 Å². The molecule has 3 unspecified atom stereocenters. The second-order valence-corrected chi connectivity index (χ2v) is 7.87. The average Bonchev–Trinajstić information content (AvgIpc) is 3.18. The molecular formula is C22H25NO3. The second-order valence-electron chi connectivity index (χ2n) is 7.87. The molecule has 2 N–H and O–H groups in total. The van der Waals surface area contributed by atoms with Crippen molar-refractivity contribution in [3.63, 3.8) is 0 Å². The van der Waals surface area contributed by atoms with Crippen molar-refractivity contribution in [1.29, 1.82) is 0 Å². The molecule has 0 amide bonds. The number of aromatic hydroxyl groups is 1. The number of phenolic OH excluding ortho intramolecular Hbond substituents is 1. The fraction of sp³-hybridized carbons (Fsp3) is 0.409. The van der Waals surface area contributed by atoms with Crippen molar-refractivity contribution >= 4 is 5.78 Å². The van der Waals surface area contributed by atoms with Crippen LogP contribution in [-0.2, 0) is 5.60 Å². The predicted molar refractivity (Wildman–Crippen MR) is 100 cm³/mol. The first kappa shape index (κ1) is 17.3. The lowest BCUT2D eigenvalue weighted by molar-refractivity contribution is 0.0297. The van der Waals surface area contributed by atoms with Crippen molar-refractivity contribution in [2.45, 2.75) is 31.4 Å². The number of nitrogens with zero attached hydrogens (tertiary/aromatic N) is 1. The molecule has 26 heavy (non-hydrogen) atoms. The van der Waals surface area contributed by atoms with Gasteiger partial charge in [0.15, 0.2) is 5.78 Å². The molecule has 1 heterocycles. The summed E-state index contributed by atoms with van der Waals surface area (Å²) in [5.41, 5.74) is 0.912. The van der Waals surface area contributed by atoms with E-state index in [4.69, 9.17) is 0 Å². The van der Waals surface area contributed by atoms with Crippen molar-refractivity contribution in [3.8, 4) is 5.75 Å². The van der Waals surface area contributed by atoms with Gasteiger partial charge in [-0.2, -0.15) is 0 Å². The highest BCUT2D eigenvalue weighted by molar-refractivity contribution is 5.99. The van der Waals surface area contributed by atoms with Crippen LogP contribution in [0, 0.1) is 11.8 Å². The van der Waals surface area contributed by atoms with Crippen LogP contribution >= 0.6 is 0 Å². The summed E-state index contributed by atoms with van der Waals surface area (Å²) in [5.74, 6) is 1.11. The number of rotatable bonds is 4. The fourth-order valence-electron chi connectivity index (χ4n) is 4.72. The van der Waals surface area contributed by atoms with E-state index < -0.39 is 5.60 Å². The SMILES string of the molecule is CC(C(=O)c1ccc(O)cc1)N1CC2CC(O)(c3ccccc3)C[C@H]2C1. The number of ketones is 1. The predicted octanol–water partition coefficient (Wildman–Crippen LogP) is 3.19. The number of carbonyl (C=O) groups is 1. The van der Waals surface area contributed by atoms with Crippen LogP contribution in [0.3, 0.4) is 0 Å². The van der Waals surface area contributed by atoms with Crippen LogP contribution in [0.2, 0.25) is 0 Å². The van der Waals surface area contributed by atoms with E-state index in [0.29, 0.717) is 17.4 Å². The number of fused-ring (bicyclic) bond motifs is 1. The standard InChI is InChI=1S/C22H25NO3/c1-15(21(25)16-7-9-20(24)10-8-16)23-13-17-11-22(26,12-18(17)14-23)19-5-3-2-4-6-19/h2-10,15,17-18,24,26H,11-14H2,1H3/t15?,17-,18?,22?/m0/s1. The van der Waals surface area contributed by atoms with Gasteiger partial charge in [-0.3, -0.25) is 9.69 Å². The fourth-order valence-corrected chi connectivity index (χ4v) is 4.72. The smallest absolute Gasteiger partial charge is 0.179 e. The van der Waals surface area contributed by atoms with Gasteiger partial charge in [-0.15, -0.1) is 0 Å². The molecule has 1 saturated heterocycles. The van der Waals surface area contributed by atoms with Crippen LogP contribution in [0.5, 0.6) is 5.75 Å². The Balaban J connectivity index is 1.43. The van der Waals surface area contributed by atoms with E-state index in [-0.39, 0.29) is 17.6 Å². The van der Waals surface area contributed by atoms with Crippen LogP contribution in [-0.4, -0.2) is 40.0 Å². The van der Waals surface area contributed by atoms with E-state index in [1.54, 1.807) is 24.3 Å². The Labute approximate surface area is 154 Å². The van der Waals surface area contributed by atoms with Gasteiger partial charge in [-0.1, -0.05) is 30.3 Å². The normalized spacial score (nSPS) is 29.5. The molecule has 4 nitrogen and oxygen atoms in total. The maximum absolute atomic E-state index is 12.7. The van der Waals surface area contributed by atoms with Gasteiger partial charge in [-0.05, 0) is 61.4 Å². The first-order chi connectivity index (χ1) is 12.5. The van der Waals surface area contributed by atoms with Gasteiger partial charge < -0.3 is 10.2 Å². The largest absolute Gasteiger partial charge is 0.508 e. The minimum Gasteiger partial charge on any atom is -0.508 e. The Hall–Kier alpha value is -2.17. The summed E-state index contributed by atoms with van der Waals surface area (Å²) >= 11 is 0. The second kappa shape index (κ2) is 6.53. The lowest BCUT2D eigenvalue weighted by atomic mass is 9.90. The molecule has 1 aliphatic carbocycles. The number of aliphatic hydroxyl groups is 1. The lowest BCUT2D eigenvalue weighted by Gasteiger charge is -2.28. The molecular weight excluding hydrogens is 326 g/mol. The molecule has 1 saturated carbocycles. The lowest BCUT2D eigenvalue weighted by Crippen LogP contribution is -2.39. The molecule has 0 spiro atoms. The third-order valence-electron chi connectivity index (χ3n) is 6.19. The molecule has 4 heteroatoms. The minimum absolute atomic E-state index is 0.0864. The number of carbonyl (C=O) groups excluding carboxylic acids is 1. The highest BCUT2D eigenvalue weighted by Crippen LogP contribution is 2.49. The zero-order chi connectivity index (χ0) is 18.3. The quantitative estimate of drug-likeness (QED) is 0.831. The van der Waals surface area contributed by atoms with Crippen molar-refractivity contribution in [1.82, 2.24) is 4.90 Å². The molecule has 0 bridgehead atoms. The van der Waals surface area contributed by atoms with Crippen LogP contribution < -0.4 is 0 Å². The highest BCUT2D eigenvalue weighted by Gasteiger charge is 2.50. The van der Waals surface area contributed by atoms with Gasteiger partial charge in [0.05, 0.1) is 11.6 Å². The molecule has 0 radical (unpaired) electrons. The third kappa shape index (κ3) is 3.04. The van der Waals surface area contributed by atoms with Crippen LogP contribution in [0.1, 0.15) is 35.7 Å². The van der Waals surface area contributed by atoms with Gasteiger partial charge in [-0.25, -0.2) is 0 Å². The van der Waals surface area contributed by atoms with E-state index in [9.17, 15) is 15.0 Å². The average molecular weight is 351 g/mol. The molecule has 4 rings (SSSR count). The molecule has 0 aromatic heterocycles. The molecule has 2 aliphatic rings. The number of hydrogen-bond acceptors (Lipinski definition) is 4. The third-order valence-corrected chi connectivity index (χ3v) is 6.19. The van der Waals surface area contributed by atoms with Crippen molar-refractivity contribution in [2.75, 3.05) is 13.1 Å². The van der Waals surface area contributed by atoms with Gasteiger partial charge in [0.1, 0.15) is 5.75 Å². The van der Waals surface area contributed by atoms with Crippen molar-refractivity contribution in [3.05, 3.63) is 65.7 Å². The first-order valence-electron chi connectivity index (χ1n) is 9.31. The number of likely N-dealkylation sites (tertiary alicyclic amines) is 1. The highest BCUT2D eigenvalue weighted by atomic mass is 16.3. The van der Waals surface area contributed by atoms with Gasteiger partial charge in [0.25, 0.3) is 0 Å². The van der Waals surface area contributed by atoms with E-state index >= 15 is 0 Å². The molecule has 1 aliphatic heterocycles.